The lowest BCUT2D eigenvalue weighted by Gasteiger charge is -1.98. The number of para-hydroxylation sites is 1. The topological polar surface area (TPSA) is 38.9 Å². The number of halogens is 1. The summed E-state index contributed by atoms with van der Waals surface area (Å²) in [4.78, 5) is 4.62. The highest BCUT2D eigenvalue weighted by molar-refractivity contribution is 6.30. The zero-order valence-corrected chi connectivity index (χ0v) is 12.3. The molecule has 0 aliphatic heterocycles. The fourth-order valence-electron chi connectivity index (χ4n) is 2.35. The monoisotopic (exact) mass is 306 g/mol. The molecule has 0 N–H and O–H groups in total. The van der Waals surface area contributed by atoms with Crippen LogP contribution in [0.15, 0.2) is 71.3 Å². The molecule has 0 radical (unpaired) electrons. The van der Waals surface area contributed by atoms with Crippen molar-refractivity contribution >= 4 is 22.5 Å². The fourth-order valence-corrected chi connectivity index (χ4v) is 2.48. The van der Waals surface area contributed by atoms with Gasteiger partial charge in [-0.25, -0.2) is 4.98 Å². The van der Waals surface area contributed by atoms with Crippen molar-refractivity contribution in [3.63, 3.8) is 0 Å². The largest absolute Gasteiger partial charge is 0.356 e. The van der Waals surface area contributed by atoms with Crippen LogP contribution in [0.2, 0.25) is 5.02 Å². The number of pyridine rings is 1. The van der Waals surface area contributed by atoms with Crippen LogP contribution in [0.25, 0.3) is 33.6 Å². The van der Waals surface area contributed by atoms with Crippen molar-refractivity contribution < 1.29 is 4.52 Å². The molecule has 0 atom stereocenters. The molecule has 0 spiro atoms. The molecule has 22 heavy (non-hydrogen) atoms. The minimum atomic E-state index is 0.694. The highest BCUT2D eigenvalue weighted by atomic mass is 35.5. The molecule has 4 heteroatoms. The third kappa shape index (κ3) is 2.36. The van der Waals surface area contributed by atoms with E-state index in [9.17, 15) is 0 Å². The zero-order chi connectivity index (χ0) is 14.9. The molecule has 4 rings (SSSR count). The van der Waals surface area contributed by atoms with Gasteiger partial charge in [0, 0.05) is 22.0 Å². The molecule has 0 saturated heterocycles. The zero-order valence-electron chi connectivity index (χ0n) is 11.5. The number of aromatic nitrogens is 2. The average Bonchev–Trinajstić information content (AvgIpc) is 3.05. The van der Waals surface area contributed by atoms with Gasteiger partial charge in [-0.2, -0.15) is 0 Å². The lowest BCUT2D eigenvalue weighted by Crippen LogP contribution is -1.84. The predicted octanol–water partition coefficient (Wildman–Crippen LogP) is 5.21. The van der Waals surface area contributed by atoms with E-state index in [0.717, 1.165) is 27.9 Å². The molecular weight excluding hydrogens is 296 g/mol. The molecule has 0 aliphatic rings. The van der Waals surface area contributed by atoms with Crippen LogP contribution in [0.1, 0.15) is 0 Å². The Morgan fingerprint density at radius 1 is 0.818 bits per heavy atom. The molecule has 2 heterocycles. The van der Waals surface area contributed by atoms with Crippen LogP contribution in [-0.2, 0) is 0 Å². The third-order valence-electron chi connectivity index (χ3n) is 3.50. The van der Waals surface area contributed by atoms with Crippen LogP contribution < -0.4 is 0 Å². The second kappa shape index (κ2) is 5.28. The van der Waals surface area contributed by atoms with Crippen molar-refractivity contribution in [1.82, 2.24) is 10.1 Å². The Morgan fingerprint density at radius 3 is 2.50 bits per heavy atom. The van der Waals surface area contributed by atoms with Crippen molar-refractivity contribution in [3.05, 3.63) is 71.8 Å². The van der Waals surface area contributed by atoms with Gasteiger partial charge in [-0.15, -0.1) is 0 Å². The number of hydrogen-bond acceptors (Lipinski definition) is 3. The lowest BCUT2D eigenvalue weighted by atomic mass is 10.1. The summed E-state index contributed by atoms with van der Waals surface area (Å²) in [5, 5.41) is 5.92. The Bertz CT molecular complexity index is 945. The summed E-state index contributed by atoms with van der Waals surface area (Å²) in [6.45, 7) is 0. The van der Waals surface area contributed by atoms with Crippen LogP contribution in [0.4, 0.5) is 0 Å². The maximum atomic E-state index is 5.90. The number of rotatable bonds is 2. The second-order valence-electron chi connectivity index (χ2n) is 4.97. The molecule has 0 saturated carbocycles. The van der Waals surface area contributed by atoms with Crippen LogP contribution in [-0.4, -0.2) is 10.1 Å². The van der Waals surface area contributed by atoms with Gasteiger partial charge >= 0.3 is 0 Å². The Kier molecular flexibility index (Phi) is 3.13. The Hall–Kier alpha value is -2.65. The minimum absolute atomic E-state index is 0.694. The molecule has 0 bridgehead atoms. The van der Waals surface area contributed by atoms with Crippen molar-refractivity contribution in [2.24, 2.45) is 0 Å². The molecule has 0 aliphatic carbocycles. The van der Waals surface area contributed by atoms with Crippen molar-refractivity contribution in [2.75, 3.05) is 0 Å². The molecular formula is C18H11ClN2O. The van der Waals surface area contributed by atoms with E-state index < -0.39 is 0 Å². The normalized spacial score (nSPS) is 11.0. The first-order valence-corrected chi connectivity index (χ1v) is 7.26. The predicted molar refractivity (Wildman–Crippen MR) is 87.7 cm³/mol. The standard InChI is InChI=1S/C18H11ClN2O/c19-14-8-5-13(6-9-14)18-11-17(21-22-18)16-10-7-12-3-1-2-4-15(12)20-16/h1-11H. The first-order valence-electron chi connectivity index (χ1n) is 6.88. The second-order valence-corrected chi connectivity index (χ2v) is 5.41. The highest BCUT2D eigenvalue weighted by Gasteiger charge is 2.10. The van der Waals surface area contributed by atoms with Gasteiger partial charge in [-0.3, -0.25) is 0 Å². The van der Waals surface area contributed by atoms with Gasteiger partial charge in [0.1, 0.15) is 5.69 Å². The molecule has 0 unspecified atom stereocenters. The fraction of sp³-hybridized carbons (Fsp3) is 0. The van der Waals surface area contributed by atoms with E-state index in [4.69, 9.17) is 16.1 Å². The Labute approximate surface area is 132 Å². The summed E-state index contributed by atoms with van der Waals surface area (Å²) in [5.74, 6) is 0.696. The van der Waals surface area contributed by atoms with Crippen molar-refractivity contribution in [2.45, 2.75) is 0 Å². The molecule has 3 nitrogen and oxygen atoms in total. The van der Waals surface area contributed by atoms with Gasteiger partial charge in [-0.05, 0) is 36.4 Å². The molecule has 4 aromatic rings. The van der Waals surface area contributed by atoms with E-state index in [2.05, 4.69) is 10.1 Å². The SMILES string of the molecule is Clc1ccc(-c2cc(-c3ccc4ccccc4n3)no2)cc1. The first-order chi connectivity index (χ1) is 10.8. The number of hydrogen-bond donors (Lipinski definition) is 0. The van der Waals surface area contributed by atoms with Gasteiger partial charge in [0.25, 0.3) is 0 Å². The van der Waals surface area contributed by atoms with E-state index in [1.807, 2.05) is 66.7 Å². The third-order valence-corrected chi connectivity index (χ3v) is 3.75. The van der Waals surface area contributed by atoms with Gasteiger partial charge in [0.05, 0.1) is 11.2 Å². The Morgan fingerprint density at radius 2 is 1.64 bits per heavy atom. The molecule has 0 amide bonds. The lowest BCUT2D eigenvalue weighted by molar-refractivity contribution is 0.434. The van der Waals surface area contributed by atoms with Gasteiger partial charge in [-0.1, -0.05) is 41.0 Å². The van der Waals surface area contributed by atoms with Crippen molar-refractivity contribution in [1.29, 1.82) is 0 Å². The molecule has 2 aromatic heterocycles. The number of benzene rings is 2. The minimum Gasteiger partial charge on any atom is -0.356 e. The number of nitrogens with zero attached hydrogens (tertiary/aromatic N) is 2. The van der Waals surface area contributed by atoms with E-state index in [1.54, 1.807) is 0 Å². The maximum Gasteiger partial charge on any atom is 0.167 e. The molecule has 0 fully saturated rings. The van der Waals surface area contributed by atoms with E-state index >= 15 is 0 Å². The quantitative estimate of drug-likeness (QED) is 0.510. The van der Waals surface area contributed by atoms with Crippen LogP contribution in [0.3, 0.4) is 0 Å². The summed E-state index contributed by atoms with van der Waals surface area (Å²) < 4.78 is 5.42. The van der Waals surface area contributed by atoms with E-state index in [0.29, 0.717) is 10.8 Å². The summed E-state index contributed by atoms with van der Waals surface area (Å²) >= 11 is 5.90. The summed E-state index contributed by atoms with van der Waals surface area (Å²) in [6, 6.07) is 21.3. The van der Waals surface area contributed by atoms with Crippen LogP contribution >= 0.6 is 11.6 Å². The van der Waals surface area contributed by atoms with Gasteiger partial charge in [0.2, 0.25) is 0 Å². The summed E-state index contributed by atoms with van der Waals surface area (Å²) in [5.41, 5.74) is 3.39. The molecule has 106 valence electrons. The van der Waals surface area contributed by atoms with Crippen LogP contribution in [0.5, 0.6) is 0 Å². The van der Waals surface area contributed by atoms with Gasteiger partial charge < -0.3 is 4.52 Å². The van der Waals surface area contributed by atoms with E-state index in [-0.39, 0.29) is 0 Å². The highest BCUT2D eigenvalue weighted by Crippen LogP contribution is 2.27. The maximum absolute atomic E-state index is 5.90. The van der Waals surface area contributed by atoms with E-state index in [1.165, 1.54) is 0 Å². The van der Waals surface area contributed by atoms with Crippen LogP contribution in [0, 0.1) is 0 Å². The smallest absolute Gasteiger partial charge is 0.167 e. The summed E-state index contributed by atoms with van der Waals surface area (Å²) in [7, 11) is 0. The molecule has 2 aromatic carbocycles. The van der Waals surface area contributed by atoms with Gasteiger partial charge in [0.15, 0.2) is 5.76 Å². The Balaban J connectivity index is 1.74. The average molecular weight is 307 g/mol. The number of fused-ring (bicyclic) bond motifs is 1. The van der Waals surface area contributed by atoms with Crippen molar-refractivity contribution in [3.8, 4) is 22.7 Å². The first kappa shape index (κ1) is 13.0. The summed E-state index contributed by atoms with van der Waals surface area (Å²) in [6.07, 6.45) is 0.